The molecule has 2 aromatic rings. The van der Waals surface area contributed by atoms with Crippen molar-refractivity contribution in [3.8, 4) is 0 Å². The zero-order chi connectivity index (χ0) is 16.9. The van der Waals surface area contributed by atoms with Crippen molar-refractivity contribution in [3.63, 3.8) is 0 Å². The largest absolute Gasteiger partial charge is 0.479 e. The molecule has 122 valence electrons. The van der Waals surface area contributed by atoms with Crippen LogP contribution in [-0.4, -0.2) is 32.5 Å². The summed E-state index contributed by atoms with van der Waals surface area (Å²) in [5.41, 5.74) is 0.207. The van der Waals surface area contributed by atoms with Gasteiger partial charge in [-0.3, -0.25) is 4.68 Å². The molecule has 0 fully saturated rings. The van der Waals surface area contributed by atoms with Gasteiger partial charge in [0, 0.05) is 6.20 Å². The summed E-state index contributed by atoms with van der Waals surface area (Å²) in [5.74, 6) is -1.16. The van der Waals surface area contributed by atoms with Crippen molar-refractivity contribution in [2.75, 3.05) is 0 Å². The van der Waals surface area contributed by atoms with Crippen molar-refractivity contribution in [3.05, 3.63) is 53.9 Å². The maximum absolute atomic E-state index is 11.9. The van der Waals surface area contributed by atoms with Crippen molar-refractivity contribution >= 4 is 12.1 Å². The average Bonchev–Trinajstić information content (AvgIpc) is 2.91. The maximum Gasteiger partial charge on any atom is 0.408 e. The van der Waals surface area contributed by atoms with E-state index in [4.69, 9.17) is 4.74 Å². The number of carbonyl (C=O) groups excluding carboxylic acids is 1. The fraction of sp³-hybridized carbons (Fsp3) is 0.312. The lowest BCUT2D eigenvalue weighted by Crippen LogP contribution is -2.55. The summed E-state index contributed by atoms with van der Waals surface area (Å²) >= 11 is 0. The van der Waals surface area contributed by atoms with Gasteiger partial charge in [-0.25, -0.2) is 9.59 Å². The van der Waals surface area contributed by atoms with Crippen LogP contribution in [0.25, 0.3) is 0 Å². The highest BCUT2D eigenvalue weighted by Gasteiger charge is 2.36. The number of carboxylic acid groups (broad SMARTS) is 1. The minimum atomic E-state index is -1.52. The van der Waals surface area contributed by atoms with E-state index in [1.807, 2.05) is 37.3 Å². The van der Waals surface area contributed by atoms with Gasteiger partial charge in [0.15, 0.2) is 5.54 Å². The lowest BCUT2D eigenvalue weighted by atomic mass is 10.0. The normalized spacial score (nSPS) is 13.1. The van der Waals surface area contributed by atoms with Gasteiger partial charge in [-0.1, -0.05) is 30.3 Å². The second kappa shape index (κ2) is 6.95. The van der Waals surface area contributed by atoms with Crippen molar-refractivity contribution in [2.24, 2.45) is 0 Å². The Bertz CT molecular complexity index is 684. The third kappa shape index (κ3) is 4.57. The molecule has 0 aliphatic heterocycles. The molecule has 0 saturated carbocycles. The summed E-state index contributed by atoms with van der Waals surface area (Å²) in [6.45, 7) is 3.33. The van der Waals surface area contributed by atoms with Gasteiger partial charge in [0.2, 0.25) is 0 Å². The third-order valence-electron chi connectivity index (χ3n) is 3.30. The lowest BCUT2D eigenvalue weighted by molar-refractivity contribution is -0.144. The first-order chi connectivity index (χ1) is 10.9. The molecule has 7 heteroatoms. The highest BCUT2D eigenvalue weighted by atomic mass is 16.5. The second-order valence-corrected chi connectivity index (χ2v) is 5.54. The molecule has 1 aromatic carbocycles. The molecule has 7 nitrogen and oxygen atoms in total. The number of benzene rings is 1. The van der Waals surface area contributed by atoms with Gasteiger partial charge in [-0.15, -0.1) is 0 Å². The first-order valence-electron chi connectivity index (χ1n) is 7.10. The molecule has 1 amide bonds. The number of hydrogen-bond donors (Lipinski definition) is 2. The standard InChI is InChI=1S/C16H19N3O4/c1-12-8-17-19(9-12)11-16(2,14(20)21)18-15(22)23-10-13-6-4-3-5-7-13/h3-9H,10-11H2,1-2H3,(H,18,22)(H,20,21). The molecule has 0 aliphatic rings. The van der Waals surface area contributed by atoms with Gasteiger partial charge in [-0.05, 0) is 25.0 Å². The molecule has 0 aliphatic carbocycles. The van der Waals surface area contributed by atoms with E-state index in [0.717, 1.165) is 11.1 Å². The summed E-state index contributed by atoms with van der Waals surface area (Å²) in [6, 6.07) is 9.15. The summed E-state index contributed by atoms with van der Waals surface area (Å²) < 4.78 is 6.55. The van der Waals surface area contributed by atoms with Crippen molar-refractivity contribution < 1.29 is 19.4 Å². The van der Waals surface area contributed by atoms with Crippen LogP contribution in [0, 0.1) is 6.92 Å². The number of amides is 1. The van der Waals surface area contributed by atoms with Gasteiger partial charge < -0.3 is 15.2 Å². The molecule has 0 bridgehead atoms. The van der Waals surface area contributed by atoms with Crippen molar-refractivity contribution in [2.45, 2.75) is 32.5 Å². The Morgan fingerprint density at radius 1 is 1.35 bits per heavy atom. The Morgan fingerprint density at radius 2 is 2.04 bits per heavy atom. The first-order valence-corrected chi connectivity index (χ1v) is 7.10. The average molecular weight is 317 g/mol. The topological polar surface area (TPSA) is 93.5 Å². The molecule has 1 heterocycles. The van der Waals surface area contributed by atoms with Crippen LogP contribution in [0.15, 0.2) is 42.7 Å². The number of aromatic nitrogens is 2. The van der Waals surface area contributed by atoms with E-state index in [2.05, 4.69) is 10.4 Å². The Kier molecular flexibility index (Phi) is 5.00. The lowest BCUT2D eigenvalue weighted by Gasteiger charge is -2.25. The molecule has 0 spiro atoms. The SMILES string of the molecule is Cc1cnn(CC(C)(NC(=O)OCc2ccccc2)C(=O)O)c1. The van der Waals surface area contributed by atoms with E-state index in [1.54, 1.807) is 12.4 Å². The number of ether oxygens (including phenoxy) is 1. The number of nitrogens with zero attached hydrogens (tertiary/aromatic N) is 2. The summed E-state index contributed by atoms with van der Waals surface area (Å²) in [4.78, 5) is 23.4. The highest BCUT2D eigenvalue weighted by molar-refractivity contribution is 5.83. The predicted molar refractivity (Wildman–Crippen MR) is 82.8 cm³/mol. The summed E-state index contributed by atoms with van der Waals surface area (Å²) in [7, 11) is 0. The Hall–Kier alpha value is -2.83. The van der Waals surface area contributed by atoms with E-state index < -0.39 is 17.6 Å². The van der Waals surface area contributed by atoms with Crippen molar-refractivity contribution in [1.29, 1.82) is 0 Å². The number of alkyl carbamates (subject to hydrolysis) is 1. The first kappa shape index (κ1) is 16.5. The number of rotatable bonds is 6. The highest BCUT2D eigenvalue weighted by Crippen LogP contribution is 2.10. The molecule has 2 rings (SSSR count). The quantitative estimate of drug-likeness (QED) is 0.849. The van der Waals surface area contributed by atoms with Crippen LogP contribution < -0.4 is 5.32 Å². The molecular formula is C16H19N3O4. The monoisotopic (exact) mass is 317 g/mol. The van der Waals surface area contributed by atoms with Gasteiger partial charge in [0.25, 0.3) is 0 Å². The van der Waals surface area contributed by atoms with Gasteiger partial charge in [0.1, 0.15) is 6.61 Å². The van der Waals surface area contributed by atoms with Crippen LogP contribution in [0.4, 0.5) is 4.79 Å². The number of aliphatic carboxylic acids is 1. The molecular weight excluding hydrogens is 298 g/mol. The number of carboxylic acids is 1. The zero-order valence-corrected chi connectivity index (χ0v) is 13.0. The van der Waals surface area contributed by atoms with Crippen LogP contribution in [-0.2, 0) is 22.7 Å². The Morgan fingerprint density at radius 3 is 2.61 bits per heavy atom. The van der Waals surface area contributed by atoms with E-state index in [9.17, 15) is 14.7 Å². The molecule has 2 N–H and O–H groups in total. The summed E-state index contributed by atoms with van der Waals surface area (Å²) in [6.07, 6.45) is 2.54. The minimum Gasteiger partial charge on any atom is -0.479 e. The van der Waals surface area contributed by atoms with Crippen LogP contribution in [0.2, 0.25) is 0 Å². The fourth-order valence-electron chi connectivity index (χ4n) is 2.02. The Balaban J connectivity index is 1.97. The van der Waals surface area contributed by atoms with E-state index >= 15 is 0 Å². The van der Waals surface area contributed by atoms with Crippen LogP contribution in [0.5, 0.6) is 0 Å². The number of aryl methyl sites for hydroxylation is 1. The van der Waals surface area contributed by atoms with E-state index in [0.29, 0.717) is 0 Å². The molecule has 1 aromatic heterocycles. The maximum atomic E-state index is 11.9. The number of carbonyl (C=O) groups is 2. The van der Waals surface area contributed by atoms with Crippen molar-refractivity contribution in [1.82, 2.24) is 15.1 Å². The van der Waals surface area contributed by atoms with Crippen LogP contribution in [0.3, 0.4) is 0 Å². The molecule has 0 saturated heterocycles. The summed E-state index contributed by atoms with van der Waals surface area (Å²) in [5, 5.41) is 15.9. The molecule has 23 heavy (non-hydrogen) atoms. The molecule has 0 radical (unpaired) electrons. The van der Waals surface area contributed by atoms with Crippen LogP contribution in [0.1, 0.15) is 18.1 Å². The predicted octanol–water partition coefficient (Wildman–Crippen LogP) is 1.96. The number of hydrogen-bond acceptors (Lipinski definition) is 4. The van der Waals surface area contributed by atoms with E-state index in [1.165, 1.54) is 11.6 Å². The minimum absolute atomic E-state index is 0.00336. The van der Waals surface area contributed by atoms with Gasteiger partial charge in [-0.2, -0.15) is 5.10 Å². The van der Waals surface area contributed by atoms with Gasteiger partial charge >= 0.3 is 12.1 Å². The molecule has 1 unspecified atom stereocenters. The van der Waals surface area contributed by atoms with E-state index in [-0.39, 0.29) is 13.2 Å². The smallest absolute Gasteiger partial charge is 0.408 e. The third-order valence-corrected chi connectivity index (χ3v) is 3.30. The zero-order valence-electron chi connectivity index (χ0n) is 13.0. The molecule has 1 atom stereocenters. The second-order valence-electron chi connectivity index (χ2n) is 5.54. The number of nitrogens with one attached hydrogen (secondary N) is 1. The fourth-order valence-corrected chi connectivity index (χ4v) is 2.02. The van der Waals surface area contributed by atoms with Gasteiger partial charge in [0.05, 0.1) is 12.7 Å². The van der Waals surface area contributed by atoms with Crippen LogP contribution >= 0.6 is 0 Å². The Labute approximate surface area is 133 Å².